The van der Waals surface area contributed by atoms with Crippen molar-refractivity contribution in [1.29, 1.82) is 0 Å². The Labute approximate surface area is 185 Å². The number of hydrogen-bond donors (Lipinski definition) is 1. The zero-order valence-electron chi connectivity index (χ0n) is 17.9. The van der Waals surface area contributed by atoms with Crippen molar-refractivity contribution < 1.29 is 23.6 Å². The van der Waals surface area contributed by atoms with Crippen LogP contribution in [0.3, 0.4) is 0 Å². The first kappa shape index (κ1) is 21.4. The average Bonchev–Trinajstić information content (AvgIpc) is 3.34. The molecule has 1 aliphatic heterocycles. The highest BCUT2D eigenvalue weighted by molar-refractivity contribution is 6.02. The largest absolute Gasteiger partial charge is 0.497 e. The van der Waals surface area contributed by atoms with Gasteiger partial charge < -0.3 is 24.2 Å². The van der Waals surface area contributed by atoms with E-state index in [1.165, 1.54) is 7.11 Å². The van der Waals surface area contributed by atoms with E-state index in [0.29, 0.717) is 36.2 Å². The lowest BCUT2D eigenvalue weighted by Crippen LogP contribution is -2.41. The van der Waals surface area contributed by atoms with Crippen molar-refractivity contribution in [2.45, 2.75) is 12.8 Å². The molecule has 2 heterocycles. The minimum atomic E-state index is -0.497. The van der Waals surface area contributed by atoms with Gasteiger partial charge in [-0.05, 0) is 49.2 Å². The summed E-state index contributed by atoms with van der Waals surface area (Å²) in [5.41, 5.74) is 1.56. The van der Waals surface area contributed by atoms with Crippen molar-refractivity contribution in [3.8, 4) is 17.1 Å². The van der Waals surface area contributed by atoms with E-state index in [0.717, 1.165) is 24.2 Å². The molecule has 166 valence electrons. The highest BCUT2D eigenvalue weighted by atomic mass is 16.5. The Hall–Kier alpha value is -3.88. The molecule has 1 N–H and O–H groups in total. The summed E-state index contributed by atoms with van der Waals surface area (Å²) in [5, 5.41) is 6.94. The number of para-hydroxylation sites is 1. The fraction of sp³-hybridized carbons (Fsp3) is 0.304. The second-order valence-corrected chi connectivity index (χ2v) is 7.44. The van der Waals surface area contributed by atoms with Crippen molar-refractivity contribution in [1.82, 2.24) is 10.1 Å². The third-order valence-electron chi connectivity index (χ3n) is 5.42. The summed E-state index contributed by atoms with van der Waals surface area (Å²) >= 11 is 0. The quantitative estimate of drug-likeness (QED) is 0.586. The van der Waals surface area contributed by atoms with Crippen molar-refractivity contribution in [2.75, 3.05) is 37.5 Å². The summed E-state index contributed by atoms with van der Waals surface area (Å²) in [4.78, 5) is 31.3. The molecule has 32 heavy (non-hydrogen) atoms. The first-order valence-corrected chi connectivity index (χ1v) is 10.3. The highest BCUT2D eigenvalue weighted by Crippen LogP contribution is 2.27. The van der Waals surface area contributed by atoms with Crippen LogP contribution in [-0.4, -0.2) is 49.3 Å². The topological polar surface area (TPSA) is 107 Å². The maximum atomic E-state index is 12.9. The van der Waals surface area contributed by atoms with Crippen LogP contribution in [0.25, 0.3) is 11.4 Å². The number of piperidine rings is 1. The molecular weight excluding hydrogens is 412 g/mol. The van der Waals surface area contributed by atoms with Gasteiger partial charge in [0.2, 0.25) is 11.7 Å². The van der Waals surface area contributed by atoms with Gasteiger partial charge in [-0.15, -0.1) is 0 Å². The number of benzene rings is 2. The molecule has 1 saturated heterocycles. The van der Waals surface area contributed by atoms with Crippen molar-refractivity contribution in [2.24, 2.45) is 5.92 Å². The van der Waals surface area contributed by atoms with E-state index in [9.17, 15) is 9.59 Å². The molecule has 1 aliphatic rings. The summed E-state index contributed by atoms with van der Waals surface area (Å²) in [6.07, 6.45) is 1.53. The van der Waals surface area contributed by atoms with Crippen LogP contribution in [0.1, 0.15) is 23.2 Å². The van der Waals surface area contributed by atoms with E-state index in [1.54, 1.807) is 31.4 Å². The molecule has 0 bridgehead atoms. The third-order valence-corrected chi connectivity index (χ3v) is 5.42. The van der Waals surface area contributed by atoms with Crippen LogP contribution in [0.5, 0.6) is 5.75 Å². The molecule has 1 amide bonds. The fourth-order valence-electron chi connectivity index (χ4n) is 3.68. The Morgan fingerprint density at radius 2 is 1.91 bits per heavy atom. The van der Waals surface area contributed by atoms with Crippen molar-refractivity contribution >= 4 is 23.6 Å². The number of ether oxygens (including phenoxy) is 2. The molecule has 9 heteroatoms. The maximum Gasteiger partial charge on any atom is 0.339 e. The number of nitrogens with zero attached hydrogens (tertiary/aromatic N) is 3. The molecule has 2 aromatic carbocycles. The molecule has 4 rings (SSSR count). The molecule has 0 saturated carbocycles. The lowest BCUT2D eigenvalue weighted by atomic mass is 9.97. The Morgan fingerprint density at radius 3 is 2.66 bits per heavy atom. The summed E-state index contributed by atoms with van der Waals surface area (Å²) in [6.45, 7) is 1.16. The Morgan fingerprint density at radius 1 is 1.12 bits per heavy atom. The smallest absolute Gasteiger partial charge is 0.339 e. The molecule has 0 spiro atoms. The minimum absolute atomic E-state index is 0.166. The number of nitrogens with one attached hydrogen (secondary N) is 1. The first-order valence-electron chi connectivity index (χ1n) is 10.3. The third kappa shape index (κ3) is 4.56. The number of aromatic nitrogens is 2. The average molecular weight is 436 g/mol. The van der Waals surface area contributed by atoms with Gasteiger partial charge in [-0.1, -0.05) is 17.3 Å². The fourth-order valence-corrected chi connectivity index (χ4v) is 3.68. The lowest BCUT2D eigenvalue weighted by Gasteiger charge is -2.30. The number of hydrogen-bond acceptors (Lipinski definition) is 8. The van der Waals surface area contributed by atoms with Gasteiger partial charge >= 0.3 is 12.0 Å². The number of carbonyl (C=O) groups is 2. The first-order chi connectivity index (χ1) is 15.6. The minimum Gasteiger partial charge on any atom is -0.497 e. The maximum absolute atomic E-state index is 12.9. The summed E-state index contributed by atoms with van der Waals surface area (Å²) in [6, 6.07) is 14.5. The molecule has 1 atom stereocenters. The summed E-state index contributed by atoms with van der Waals surface area (Å²) in [5.74, 6) is 0.271. The van der Waals surface area contributed by atoms with Gasteiger partial charge in [-0.25, -0.2) is 4.79 Å². The Balaban J connectivity index is 1.44. The number of carbonyl (C=O) groups excluding carboxylic acids is 2. The Bertz CT molecular complexity index is 1100. The van der Waals surface area contributed by atoms with Gasteiger partial charge in [-0.2, -0.15) is 4.98 Å². The number of methoxy groups -OCH3 is 2. The van der Waals surface area contributed by atoms with E-state index >= 15 is 0 Å². The monoisotopic (exact) mass is 436 g/mol. The second kappa shape index (κ2) is 9.51. The van der Waals surface area contributed by atoms with Crippen LogP contribution in [0, 0.1) is 5.92 Å². The van der Waals surface area contributed by atoms with E-state index in [4.69, 9.17) is 14.0 Å². The van der Waals surface area contributed by atoms with Gasteiger partial charge in [0.15, 0.2) is 0 Å². The summed E-state index contributed by atoms with van der Waals surface area (Å²) in [7, 11) is 2.92. The number of amides is 1. The van der Waals surface area contributed by atoms with Gasteiger partial charge in [0.25, 0.3) is 0 Å². The number of rotatable bonds is 6. The molecule has 1 unspecified atom stereocenters. The van der Waals surface area contributed by atoms with Crippen LogP contribution >= 0.6 is 0 Å². The molecular formula is C23H24N4O5. The van der Waals surface area contributed by atoms with Crippen LogP contribution in [0.2, 0.25) is 0 Å². The summed E-state index contributed by atoms with van der Waals surface area (Å²) < 4.78 is 15.4. The number of esters is 1. The SMILES string of the molecule is COC(=O)c1ccccc1NC(=O)C1CCCN(c2nc(-c3ccc(OC)cc3)no2)C1. The molecule has 0 aliphatic carbocycles. The zero-order valence-corrected chi connectivity index (χ0v) is 17.9. The van der Waals surface area contributed by atoms with Crippen LogP contribution in [0.15, 0.2) is 53.1 Å². The highest BCUT2D eigenvalue weighted by Gasteiger charge is 2.29. The van der Waals surface area contributed by atoms with Crippen LogP contribution in [0.4, 0.5) is 11.7 Å². The molecule has 1 fully saturated rings. The zero-order chi connectivity index (χ0) is 22.5. The molecule has 3 aromatic rings. The van der Waals surface area contributed by atoms with E-state index in [2.05, 4.69) is 15.5 Å². The van der Waals surface area contributed by atoms with Crippen LogP contribution in [-0.2, 0) is 9.53 Å². The van der Waals surface area contributed by atoms with Gasteiger partial charge in [0.05, 0.1) is 31.4 Å². The molecule has 0 radical (unpaired) electrons. The van der Waals surface area contributed by atoms with Crippen molar-refractivity contribution in [3.05, 3.63) is 54.1 Å². The standard InChI is InChI=1S/C23H24N4O5/c1-30-17-11-9-15(10-12-17)20-25-23(32-26-20)27-13-5-6-16(14-27)21(28)24-19-8-4-3-7-18(19)22(29)31-2/h3-4,7-12,16H,5-6,13-14H2,1-2H3,(H,24,28). The molecule has 9 nitrogen and oxygen atoms in total. The van der Waals surface area contributed by atoms with Gasteiger partial charge in [0, 0.05) is 18.7 Å². The lowest BCUT2D eigenvalue weighted by molar-refractivity contribution is -0.120. The van der Waals surface area contributed by atoms with E-state index < -0.39 is 5.97 Å². The predicted molar refractivity (Wildman–Crippen MR) is 118 cm³/mol. The Kier molecular flexibility index (Phi) is 6.34. The molecule has 1 aromatic heterocycles. The van der Waals surface area contributed by atoms with Crippen LogP contribution < -0.4 is 15.0 Å². The van der Waals surface area contributed by atoms with Gasteiger partial charge in [-0.3, -0.25) is 4.79 Å². The predicted octanol–water partition coefficient (Wildman–Crippen LogP) is 3.39. The second-order valence-electron chi connectivity index (χ2n) is 7.44. The van der Waals surface area contributed by atoms with Crippen molar-refractivity contribution in [3.63, 3.8) is 0 Å². The number of anilines is 2. The normalized spacial score (nSPS) is 15.8. The van der Waals surface area contributed by atoms with E-state index in [1.807, 2.05) is 29.2 Å². The van der Waals surface area contributed by atoms with E-state index in [-0.39, 0.29) is 11.8 Å². The van der Waals surface area contributed by atoms with Gasteiger partial charge in [0.1, 0.15) is 5.75 Å².